The first kappa shape index (κ1) is 14.4. The fourth-order valence-electron chi connectivity index (χ4n) is 2.75. The second-order valence-electron chi connectivity index (χ2n) is 5.58. The second-order valence-corrected chi connectivity index (χ2v) is 5.58. The van der Waals surface area contributed by atoms with Crippen LogP contribution in [0.1, 0.15) is 39.5 Å². The van der Waals surface area contributed by atoms with Crippen LogP contribution in [0.2, 0.25) is 0 Å². The minimum Gasteiger partial charge on any atom is -0.316 e. The van der Waals surface area contributed by atoms with E-state index in [1.807, 2.05) is 18.2 Å². The minimum absolute atomic E-state index is 0.0280. The molecule has 110 valence electrons. The van der Waals surface area contributed by atoms with E-state index in [1.165, 1.54) is 18.2 Å². The molecule has 0 radical (unpaired) electrons. The average molecular weight is 291 g/mol. The predicted molar refractivity (Wildman–Crippen MR) is 83.7 cm³/mol. The number of Topliss-reactive ketones (excluding diaryl/α,β-unsaturated/α-hetero) is 1. The molecule has 2 aromatic rings. The SMILES string of the molecule is N#Cc1ccc(C(=O)Cc2ccc(C3CCNC3)cc2)nc1. The molecular formula is C18H17N3O. The lowest BCUT2D eigenvalue weighted by molar-refractivity contribution is 0.0988. The van der Waals surface area contributed by atoms with Gasteiger partial charge in [-0.1, -0.05) is 24.3 Å². The van der Waals surface area contributed by atoms with Gasteiger partial charge < -0.3 is 5.32 Å². The summed E-state index contributed by atoms with van der Waals surface area (Å²) in [4.78, 5) is 16.2. The first-order chi connectivity index (χ1) is 10.8. The van der Waals surface area contributed by atoms with Crippen molar-refractivity contribution in [1.29, 1.82) is 5.26 Å². The van der Waals surface area contributed by atoms with Crippen molar-refractivity contribution in [2.75, 3.05) is 13.1 Å². The summed E-state index contributed by atoms with van der Waals surface area (Å²) in [6, 6.07) is 13.5. The quantitative estimate of drug-likeness (QED) is 0.879. The largest absolute Gasteiger partial charge is 0.316 e. The van der Waals surface area contributed by atoms with Gasteiger partial charge in [-0.15, -0.1) is 0 Å². The van der Waals surface area contributed by atoms with Crippen molar-refractivity contribution in [1.82, 2.24) is 10.3 Å². The summed E-state index contributed by atoms with van der Waals surface area (Å²) < 4.78 is 0. The number of carbonyl (C=O) groups excluding carboxylic acids is 1. The molecule has 1 aromatic carbocycles. The van der Waals surface area contributed by atoms with E-state index in [0.717, 1.165) is 18.7 Å². The number of rotatable bonds is 4. The molecule has 2 heterocycles. The molecule has 22 heavy (non-hydrogen) atoms. The van der Waals surface area contributed by atoms with Crippen LogP contribution in [0.5, 0.6) is 0 Å². The summed E-state index contributed by atoms with van der Waals surface area (Å²) in [6.07, 6.45) is 2.94. The Balaban J connectivity index is 1.66. The number of nitriles is 1. The summed E-state index contributed by atoms with van der Waals surface area (Å²) in [7, 11) is 0. The molecule has 4 heteroatoms. The van der Waals surface area contributed by atoms with Crippen molar-refractivity contribution in [2.45, 2.75) is 18.8 Å². The van der Waals surface area contributed by atoms with Crippen LogP contribution in [0, 0.1) is 11.3 Å². The Morgan fingerprint density at radius 1 is 1.27 bits per heavy atom. The van der Waals surface area contributed by atoms with E-state index in [1.54, 1.807) is 12.1 Å². The summed E-state index contributed by atoms with van der Waals surface area (Å²) in [5.74, 6) is 0.560. The van der Waals surface area contributed by atoms with Crippen LogP contribution in [0.3, 0.4) is 0 Å². The average Bonchev–Trinajstić information content (AvgIpc) is 3.10. The summed E-state index contributed by atoms with van der Waals surface area (Å²) in [5, 5.41) is 12.1. The summed E-state index contributed by atoms with van der Waals surface area (Å²) in [6.45, 7) is 2.11. The van der Waals surface area contributed by atoms with Crippen molar-refractivity contribution in [3.05, 3.63) is 65.0 Å². The molecule has 1 saturated heterocycles. The minimum atomic E-state index is -0.0280. The second kappa shape index (κ2) is 6.50. The maximum Gasteiger partial charge on any atom is 0.185 e. The van der Waals surface area contributed by atoms with E-state index >= 15 is 0 Å². The molecule has 1 atom stereocenters. The third-order valence-corrected chi connectivity index (χ3v) is 4.05. The number of ketones is 1. The highest BCUT2D eigenvalue weighted by atomic mass is 16.1. The van der Waals surface area contributed by atoms with Crippen molar-refractivity contribution in [3.8, 4) is 6.07 Å². The smallest absolute Gasteiger partial charge is 0.185 e. The Morgan fingerprint density at radius 2 is 2.09 bits per heavy atom. The van der Waals surface area contributed by atoms with Gasteiger partial charge in [-0.05, 0) is 42.1 Å². The molecule has 0 amide bonds. The third-order valence-electron chi connectivity index (χ3n) is 4.05. The van der Waals surface area contributed by atoms with E-state index < -0.39 is 0 Å². The lowest BCUT2D eigenvalue weighted by Crippen LogP contribution is -2.08. The Bertz CT molecular complexity index is 693. The van der Waals surface area contributed by atoms with Crippen LogP contribution in [0.25, 0.3) is 0 Å². The van der Waals surface area contributed by atoms with Crippen LogP contribution in [-0.4, -0.2) is 23.9 Å². The van der Waals surface area contributed by atoms with Gasteiger partial charge in [-0.3, -0.25) is 9.78 Å². The fraction of sp³-hybridized carbons (Fsp3) is 0.278. The number of aromatic nitrogens is 1. The van der Waals surface area contributed by atoms with E-state index in [-0.39, 0.29) is 5.78 Å². The van der Waals surface area contributed by atoms with Crippen LogP contribution >= 0.6 is 0 Å². The first-order valence-corrected chi connectivity index (χ1v) is 7.45. The topological polar surface area (TPSA) is 65.8 Å². The standard InChI is InChI=1S/C18H17N3O/c19-10-14-3-6-17(21-11-14)18(22)9-13-1-4-15(5-2-13)16-7-8-20-12-16/h1-6,11,16,20H,7-9,12H2. The molecule has 1 aliphatic heterocycles. The number of hydrogen-bond acceptors (Lipinski definition) is 4. The number of pyridine rings is 1. The van der Waals surface area contributed by atoms with Crippen LogP contribution in [-0.2, 0) is 6.42 Å². The van der Waals surface area contributed by atoms with Crippen LogP contribution < -0.4 is 5.32 Å². The van der Waals surface area contributed by atoms with E-state index in [9.17, 15) is 4.79 Å². The summed E-state index contributed by atoms with van der Waals surface area (Å²) >= 11 is 0. The number of hydrogen-bond donors (Lipinski definition) is 1. The van der Waals surface area contributed by atoms with Crippen molar-refractivity contribution < 1.29 is 4.79 Å². The highest BCUT2D eigenvalue weighted by Crippen LogP contribution is 2.22. The zero-order chi connectivity index (χ0) is 15.4. The van der Waals surface area contributed by atoms with Gasteiger partial charge in [-0.2, -0.15) is 5.26 Å². The van der Waals surface area contributed by atoms with Gasteiger partial charge in [0.05, 0.1) is 5.56 Å². The Kier molecular flexibility index (Phi) is 4.27. The number of benzene rings is 1. The number of carbonyl (C=O) groups is 1. The molecule has 1 aliphatic rings. The maximum absolute atomic E-state index is 12.2. The van der Waals surface area contributed by atoms with Gasteiger partial charge in [0.2, 0.25) is 0 Å². The molecular weight excluding hydrogens is 274 g/mol. The lowest BCUT2D eigenvalue weighted by Gasteiger charge is -2.09. The van der Waals surface area contributed by atoms with E-state index in [4.69, 9.17) is 5.26 Å². The molecule has 1 N–H and O–H groups in total. The van der Waals surface area contributed by atoms with Gasteiger partial charge in [0.15, 0.2) is 5.78 Å². The van der Waals surface area contributed by atoms with E-state index in [2.05, 4.69) is 22.4 Å². The third kappa shape index (κ3) is 3.21. The number of nitrogens with zero attached hydrogens (tertiary/aromatic N) is 2. The normalized spacial score (nSPS) is 17.1. The van der Waals surface area contributed by atoms with Crippen molar-refractivity contribution >= 4 is 5.78 Å². The molecule has 0 spiro atoms. The van der Waals surface area contributed by atoms with Crippen molar-refractivity contribution in [3.63, 3.8) is 0 Å². The Hall–Kier alpha value is -2.51. The van der Waals surface area contributed by atoms with Gasteiger partial charge in [0.25, 0.3) is 0 Å². The Labute approximate surface area is 129 Å². The molecule has 0 saturated carbocycles. The molecule has 4 nitrogen and oxygen atoms in total. The van der Waals surface area contributed by atoms with Gasteiger partial charge in [-0.25, -0.2) is 0 Å². The highest BCUT2D eigenvalue weighted by molar-refractivity contribution is 5.95. The van der Waals surface area contributed by atoms with Gasteiger partial charge in [0, 0.05) is 19.2 Å². The monoisotopic (exact) mass is 291 g/mol. The van der Waals surface area contributed by atoms with Gasteiger partial charge >= 0.3 is 0 Å². The first-order valence-electron chi connectivity index (χ1n) is 7.45. The molecule has 0 bridgehead atoms. The van der Waals surface area contributed by atoms with Gasteiger partial charge in [0.1, 0.15) is 11.8 Å². The molecule has 1 fully saturated rings. The fourth-order valence-corrected chi connectivity index (χ4v) is 2.75. The zero-order valence-electron chi connectivity index (χ0n) is 12.2. The highest BCUT2D eigenvalue weighted by Gasteiger charge is 2.16. The molecule has 1 aromatic heterocycles. The van der Waals surface area contributed by atoms with Crippen LogP contribution in [0.15, 0.2) is 42.6 Å². The molecule has 1 unspecified atom stereocenters. The molecule has 3 rings (SSSR count). The zero-order valence-corrected chi connectivity index (χ0v) is 12.2. The van der Waals surface area contributed by atoms with E-state index in [0.29, 0.717) is 23.6 Å². The summed E-state index contributed by atoms with van der Waals surface area (Å²) in [5.41, 5.74) is 3.19. The van der Waals surface area contributed by atoms with Crippen LogP contribution in [0.4, 0.5) is 0 Å². The lowest BCUT2D eigenvalue weighted by atomic mass is 9.96. The molecule has 0 aliphatic carbocycles. The number of nitrogens with one attached hydrogen (secondary N) is 1. The predicted octanol–water partition coefficient (Wildman–Crippen LogP) is 2.46. The van der Waals surface area contributed by atoms with Crippen molar-refractivity contribution in [2.24, 2.45) is 0 Å². The maximum atomic E-state index is 12.2. The Morgan fingerprint density at radius 3 is 2.68 bits per heavy atom.